The lowest BCUT2D eigenvalue weighted by Gasteiger charge is -2.24. The SMILES string of the molecule is CC(C)CC(NC(=O)C(N)CO)C(=O)NC(CO)C(=O)NC(CO)C(=O)O. The van der Waals surface area contributed by atoms with Gasteiger partial charge in [0.1, 0.15) is 24.2 Å². The van der Waals surface area contributed by atoms with Crippen molar-refractivity contribution in [3.63, 3.8) is 0 Å². The number of hydrogen-bond acceptors (Lipinski definition) is 8. The molecule has 12 heteroatoms. The molecular weight excluding hydrogens is 364 g/mol. The second-order valence-electron chi connectivity index (χ2n) is 6.31. The Morgan fingerprint density at radius 2 is 1.22 bits per heavy atom. The predicted octanol–water partition coefficient (Wildman–Crippen LogP) is -4.12. The Balaban J connectivity index is 5.10. The number of nitrogens with one attached hydrogen (secondary N) is 3. The van der Waals surface area contributed by atoms with E-state index in [0.29, 0.717) is 0 Å². The van der Waals surface area contributed by atoms with Crippen molar-refractivity contribution < 1.29 is 39.6 Å². The van der Waals surface area contributed by atoms with E-state index in [4.69, 9.17) is 21.1 Å². The van der Waals surface area contributed by atoms with E-state index in [0.717, 1.165) is 0 Å². The summed E-state index contributed by atoms with van der Waals surface area (Å²) in [5.41, 5.74) is 5.39. The van der Waals surface area contributed by atoms with Crippen LogP contribution in [0.1, 0.15) is 20.3 Å². The summed E-state index contributed by atoms with van der Waals surface area (Å²) in [4.78, 5) is 47.1. The molecule has 0 aliphatic heterocycles. The van der Waals surface area contributed by atoms with Gasteiger partial charge in [-0.25, -0.2) is 4.79 Å². The van der Waals surface area contributed by atoms with Crippen LogP contribution in [0.4, 0.5) is 0 Å². The van der Waals surface area contributed by atoms with Gasteiger partial charge in [-0.3, -0.25) is 14.4 Å². The summed E-state index contributed by atoms with van der Waals surface area (Å²) >= 11 is 0. The molecule has 0 aliphatic rings. The van der Waals surface area contributed by atoms with Crippen molar-refractivity contribution >= 4 is 23.7 Å². The highest BCUT2D eigenvalue weighted by atomic mass is 16.4. The third kappa shape index (κ3) is 8.77. The fourth-order valence-electron chi connectivity index (χ4n) is 1.99. The molecule has 0 fully saturated rings. The summed E-state index contributed by atoms with van der Waals surface area (Å²) in [6.07, 6.45) is 0.184. The lowest BCUT2D eigenvalue weighted by atomic mass is 10.0. The van der Waals surface area contributed by atoms with Gasteiger partial charge in [0.05, 0.1) is 19.8 Å². The van der Waals surface area contributed by atoms with Gasteiger partial charge in [-0.05, 0) is 12.3 Å². The van der Waals surface area contributed by atoms with E-state index in [-0.39, 0.29) is 12.3 Å². The summed E-state index contributed by atoms with van der Waals surface area (Å²) in [5.74, 6) is -4.11. The molecule has 0 heterocycles. The van der Waals surface area contributed by atoms with Gasteiger partial charge in [-0.1, -0.05) is 13.8 Å². The van der Waals surface area contributed by atoms with E-state index < -0.39 is 67.7 Å². The summed E-state index contributed by atoms with van der Waals surface area (Å²) < 4.78 is 0. The molecule has 27 heavy (non-hydrogen) atoms. The zero-order valence-electron chi connectivity index (χ0n) is 15.2. The van der Waals surface area contributed by atoms with Gasteiger partial charge in [0, 0.05) is 0 Å². The Morgan fingerprint density at radius 3 is 1.63 bits per heavy atom. The maximum atomic E-state index is 12.4. The van der Waals surface area contributed by atoms with Gasteiger partial charge in [-0.2, -0.15) is 0 Å². The van der Waals surface area contributed by atoms with E-state index >= 15 is 0 Å². The van der Waals surface area contributed by atoms with Crippen LogP contribution in [0.25, 0.3) is 0 Å². The maximum absolute atomic E-state index is 12.4. The van der Waals surface area contributed by atoms with E-state index in [2.05, 4.69) is 10.6 Å². The number of aliphatic hydroxyl groups excluding tert-OH is 3. The van der Waals surface area contributed by atoms with Crippen molar-refractivity contribution in [2.75, 3.05) is 19.8 Å². The van der Waals surface area contributed by atoms with Crippen LogP contribution in [-0.2, 0) is 19.2 Å². The van der Waals surface area contributed by atoms with Gasteiger partial charge in [-0.15, -0.1) is 0 Å². The summed E-state index contributed by atoms with van der Waals surface area (Å²) in [6.45, 7) is 1.23. The Kier molecular flexibility index (Phi) is 11.1. The second-order valence-corrected chi connectivity index (χ2v) is 6.31. The zero-order valence-corrected chi connectivity index (χ0v) is 15.2. The fraction of sp³-hybridized carbons (Fsp3) is 0.733. The number of carboxylic acids is 1. The van der Waals surface area contributed by atoms with Crippen LogP contribution in [0.3, 0.4) is 0 Å². The quantitative estimate of drug-likeness (QED) is 0.162. The lowest BCUT2D eigenvalue weighted by molar-refractivity contribution is -0.143. The van der Waals surface area contributed by atoms with Crippen LogP contribution in [-0.4, -0.2) is 88.1 Å². The van der Waals surface area contributed by atoms with Gasteiger partial charge in [0.25, 0.3) is 0 Å². The van der Waals surface area contributed by atoms with Crippen molar-refractivity contribution in [2.24, 2.45) is 11.7 Å². The third-order valence-electron chi connectivity index (χ3n) is 3.49. The number of aliphatic hydroxyl groups is 3. The average molecular weight is 392 g/mol. The van der Waals surface area contributed by atoms with E-state index in [1.807, 2.05) is 5.32 Å². The predicted molar refractivity (Wildman–Crippen MR) is 92.1 cm³/mol. The number of hydrogen-bond donors (Lipinski definition) is 8. The standard InChI is InChI=1S/C15H28N4O8/c1-7(2)3-9(17-12(23)8(16)4-20)13(24)18-10(5-21)14(25)19-11(6-22)15(26)27/h7-11,20-22H,3-6,16H2,1-2H3,(H,17,23)(H,18,24)(H,19,25)(H,26,27). The molecule has 0 saturated carbocycles. The number of nitrogens with two attached hydrogens (primary N) is 1. The Bertz CT molecular complexity index is 528. The fourth-order valence-corrected chi connectivity index (χ4v) is 1.99. The Morgan fingerprint density at radius 1 is 0.778 bits per heavy atom. The zero-order chi connectivity index (χ0) is 21.1. The Labute approximate surface area is 156 Å². The first-order valence-corrected chi connectivity index (χ1v) is 8.29. The van der Waals surface area contributed by atoms with Gasteiger partial charge >= 0.3 is 5.97 Å². The molecule has 0 rings (SSSR count). The first-order valence-electron chi connectivity index (χ1n) is 8.29. The summed E-state index contributed by atoms with van der Waals surface area (Å²) in [6, 6.07) is -5.42. The second kappa shape index (κ2) is 12.2. The number of aliphatic carboxylic acids is 1. The van der Waals surface area contributed by atoms with Crippen LogP contribution in [0.2, 0.25) is 0 Å². The molecule has 0 aromatic rings. The number of carbonyl (C=O) groups excluding carboxylic acids is 3. The molecule has 0 saturated heterocycles. The number of carbonyl (C=O) groups is 4. The van der Waals surface area contributed by atoms with Crippen molar-refractivity contribution in [3.05, 3.63) is 0 Å². The number of carboxylic acid groups (broad SMARTS) is 1. The molecule has 3 amide bonds. The van der Waals surface area contributed by atoms with Gasteiger partial charge < -0.3 is 42.1 Å². The first-order chi connectivity index (χ1) is 12.6. The average Bonchev–Trinajstić information content (AvgIpc) is 2.61. The lowest BCUT2D eigenvalue weighted by Crippen LogP contribution is -2.58. The van der Waals surface area contributed by atoms with Gasteiger partial charge in [0.15, 0.2) is 0 Å². The third-order valence-corrected chi connectivity index (χ3v) is 3.49. The van der Waals surface area contributed by atoms with Crippen molar-refractivity contribution in [2.45, 2.75) is 44.4 Å². The minimum Gasteiger partial charge on any atom is -0.480 e. The molecule has 0 radical (unpaired) electrons. The van der Waals surface area contributed by atoms with Gasteiger partial charge in [0.2, 0.25) is 17.7 Å². The molecule has 4 unspecified atom stereocenters. The molecular formula is C15H28N4O8. The van der Waals surface area contributed by atoms with Crippen LogP contribution in [0.15, 0.2) is 0 Å². The monoisotopic (exact) mass is 392 g/mol. The topological polar surface area (TPSA) is 211 Å². The highest BCUT2D eigenvalue weighted by molar-refractivity contribution is 5.94. The minimum atomic E-state index is -1.60. The molecule has 9 N–H and O–H groups in total. The number of rotatable bonds is 12. The Hall–Kier alpha value is -2.28. The van der Waals surface area contributed by atoms with Crippen molar-refractivity contribution in [3.8, 4) is 0 Å². The van der Waals surface area contributed by atoms with E-state index in [9.17, 15) is 24.3 Å². The van der Waals surface area contributed by atoms with Crippen LogP contribution < -0.4 is 21.7 Å². The summed E-state index contributed by atoms with van der Waals surface area (Å²) in [7, 11) is 0. The highest BCUT2D eigenvalue weighted by Crippen LogP contribution is 2.06. The molecule has 0 bridgehead atoms. The molecule has 0 aliphatic carbocycles. The van der Waals surface area contributed by atoms with Crippen molar-refractivity contribution in [1.82, 2.24) is 16.0 Å². The van der Waals surface area contributed by atoms with Crippen molar-refractivity contribution in [1.29, 1.82) is 0 Å². The van der Waals surface area contributed by atoms with Crippen LogP contribution in [0, 0.1) is 5.92 Å². The van der Waals surface area contributed by atoms with E-state index in [1.165, 1.54) is 0 Å². The number of amides is 3. The molecule has 0 aromatic heterocycles. The smallest absolute Gasteiger partial charge is 0.328 e. The highest BCUT2D eigenvalue weighted by Gasteiger charge is 2.30. The normalized spacial score (nSPS) is 15.4. The minimum absolute atomic E-state index is 0.0291. The molecule has 0 spiro atoms. The molecule has 12 nitrogen and oxygen atoms in total. The maximum Gasteiger partial charge on any atom is 0.328 e. The molecule has 156 valence electrons. The van der Waals surface area contributed by atoms with Crippen LogP contribution in [0.5, 0.6) is 0 Å². The molecule has 4 atom stereocenters. The van der Waals surface area contributed by atoms with Crippen LogP contribution >= 0.6 is 0 Å². The van der Waals surface area contributed by atoms with E-state index in [1.54, 1.807) is 13.8 Å². The first kappa shape index (κ1) is 24.7. The largest absolute Gasteiger partial charge is 0.480 e. The molecule has 0 aromatic carbocycles. The summed E-state index contributed by atoms with van der Waals surface area (Å²) in [5, 5.41) is 42.5.